The van der Waals surface area contributed by atoms with Crippen molar-refractivity contribution in [2.24, 2.45) is 0 Å². The van der Waals surface area contributed by atoms with Gasteiger partial charge in [-0.3, -0.25) is 9.59 Å². The third-order valence-electron chi connectivity index (χ3n) is 4.94. The molecule has 0 spiro atoms. The Kier molecular flexibility index (Phi) is 8.54. The predicted molar refractivity (Wildman–Crippen MR) is 119 cm³/mol. The smallest absolute Gasteiger partial charge is 0.242 e. The summed E-state index contributed by atoms with van der Waals surface area (Å²) in [5.41, 5.74) is 2.83. The van der Waals surface area contributed by atoms with Crippen molar-refractivity contribution in [3.63, 3.8) is 0 Å². The van der Waals surface area contributed by atoms with Crippen molar-refractivity contribution in [1.82, 2.24) is 10.2 Å². The molecule has 0 saturated heterocycles. The fraction of sp³-hybridized carbons (Fsp3) is 0.391. The Labute approximate surface area is 183 Å². The summed E-state index contributed by atoms with van der Waals surface area (Å²) >= 11 is 12.2. The highest BCUT2D eigenvalue weighted by Crippen LogP contribution is 2.24. The van der Waals surface area contributed by atoms with Crippen LogP contribution in [0.1, 0.15) is 43.9 Å². The fourth-order valence-electron chi connectivity index (χ4n) is 2.98. The molecule has 0 heterocycles. The van der Waals surface area contributed by atoms with E-state index in [2.05, 4.69) is 5.32 Å². The average molecular weight is 435 g/mol. The first kappa shape index (κ1) is 23.2. The van der Waals surface area contributed by atoms with Gasteiger partial charge < -0.3 is 10.2 Å². The molecule has 0 aromatic heterocycles. The summed E-state index contributed by atoms with van der Waals surface area (Å²) in [4.78, 5) is 27.5. The lowest BCUT2D eigenvalue weighted by molar-refractivity contribution is -0.140. The van der Waals surface area contributed by atoms with Crippen molar-refractivity contribution in [2.75, 3.05) is 0 Å². The van der Waals surface area contributed by atoms with E-state index >= 15 is 0 Å². The van der Waals surface area contributed by atoms with Crippen molar-refractivity contribution >= 4 is 35.0 Å². The van der Waals surface area contributed by atoms with Crippen molar-refractivity contribution in [2.45, 2.75) is 59.2 Å². The van der Waals surface area contributed by atoms with Gasteiger partial charge in [-0.15, -0.1) is 0 Å². The molecule has 2 rings (SSSR count). The van der Waals surface area contributed by atoms with E-state index in [-0.39, 0.29) is 30.8 Å². The average Bonchev–Trinajstić information content (AvgIpc) is 2.68. The number of nitrogens with zero attached hydrogens (tertiary/aromatic N) is 1. The molecule has 0 unspecified atom stereocenters. The van der Waals surface area contributed by atoms with Crippen LogP contribution >= 0.6 is 23.2 Å². The van der Waals surface area contributed by atoms with E-state index in [0.29, 0.717) is 10.0 Å². The van der Waals surface area contributed by atoms with Crippen molar-refractivity contribution in [3.8, 4) is 0 Å². The van der Waals surface area contributed by atoms with E-state index in [1.54, 1.807) is 24.0 Å². The second-order valence-corrected chi connectivity index (χ2v) is 8.24. The Balaban J connectivity index is 2.26. The number of amides is 2. The molecule has 0 aliphatic heterocycles. The molecule has 2 aromatic carbocycles. The zero-order valence-electron chi connectivity index (χ0n) is 17.3. The van der Waals surface area contributed by atoms with Crippen LogP contribution < -0.4 is 5.32 Å². The van der Waals surface area contributed by atoms with E-state index in [9.17, 15) is 9.59 Å². The summed E-state index contributed by atoms with van der Waals surface area (Å²) in [5.74, 6) is -0.287. The zero-order valence-corrected chi connectivity index (χ0v) is 18.8. The van der Waals surface area contributed by atoms with Gasteiger partial charge in [-0.05, 0) is 50.5 Å². The number of hydrogen-bond acceptors (Lipinski definition) is 2. The summed E-state index contributed by atoms with van der Waals surface area (Å²) in [5, 5.41) is 3.84. The minimum atomic E-state index is -0.615. The first-order chi connectivity index (χ1) is 13.7. The molecule has 0 aliphatic carbocycles. The number of aryl methyl sites for hydroxylation is 1. The lowest BCUT2D eigenvalue weighted by Crippen LogP contribution is -2.49. The highest BCUT2D eigenvalue weighted by atomic mass is 35.5. The Morgan fingerprint density at radius 3 is 2.38 bits per heavy atom. The van der Waals surface area contributed by atoms with Crippen LogP contribution in [0.4, 0.5) is 0 Å². The van der Waals surface area contributed by atoms with Crippen LogP contribution in [-0.4, -0.2) is 28.8 Å². The van der Waals surface area contributed by atoms with Gasteiger partial charge in [-0.1, -0.05) is 66.0 Å². The molecule has 2 atom stereocenters. The van der Waals surface area contributed by atoms with E-state index in [1.807, 2.05) is 51.1 Å². The lowest BCUT2D eigenvalue weighted by Gasteiger charge is -2.30. The van der Waals surface area contributed by atoms with E-state index < -0.39 is 6.04 Å². The summed E-state index contributed by atoms with van der Waals surface area (Å²) in [6, 6.07) is 12.5. The van der Waals surface area contributed by atoms with Crippen LogP contribution in [0.2, 0.25) is 10.0 Å². The molecule has 2 aromatic rings. The van der Waals surface area contributed by atoms with Crippen LogP contribution in [0.3, 0.4) is 0 Å². The fourth-order valence-corrected chi connectivity index (χ4v) is 3.30. The van der Waals surface area contributed by atoms with Crippen LogP contribution in [0.25, 0.3) is 0 Å². The van der Waals surface area contributed by atoms with Crippen LogP contribution in [0, 0.1) is 6.92 Å². The minimum absolute atomic E-state index is 0.0450. The number of carbonyl (C=O) groups is 2. The Morgan fingerprint density at radius 2 is 1.76 bits per heavy atom. The molecule has 4 nitrogen and oxygen atoms in total. The normalized spacial score (nSPS) is 12.9. The Bertz CT molecular complexity index is 870. The van der Waals surface area contributed by atoms with Crippen molar-refractivity contribution in [1.29, 1.82) is 0 Å². The molecule has 156 valence electrons. The molecule has 6 heteroatoms. The number of nitrogens with one attached hydrogen (secondary N) is 1. The van der Waals surface area contributed by atoms with Gasteiger partial charge in [0.15, 0.2) is 0 Å². The molecule has 0 saturated carbocycles. The maximum atomic E-state index is 13.2. The predicted octanol–water partition coefficient (Wildman–Crippen LogP) is 5.18. The molecule has 2 amide bonds. The zero-order chi connectivity index (χ0) is 21.6. The molecule has 0 fully saturated rings. The molecule has 0 radical (unpaired) electrons. The highest BCUT2D eigenvalue weighted by Gasteiger charge is 2.27. The summed E-state index contributed by atoms with van der Waals surface area (Å²) in [6.07, 6.45) is 1.05. The van der Waals surface area contributed by atoms with E-state index in [0.717, 1.165) is 23.1 Å². The van der Waals surface area contributed by atoms with E-state index in [4.69, 9.17) is 23.2 Å². The van der Waals surface area contributed by atoms with E-state index in [1.165, 1.54) is 0 Å². The molecular weight excluding hydrogens is 407 g/mol. The van der Waals surface area contributed by atoms with Gasteiger partial charge in [-0.2, -0.15) is 0 Å². The van der Waals surface area contributed by atoms with Crippen molar-refractivity contribution < 1.29 is 9.59 Å². The second-order valence-electron chi connectivity index (χ2n) is 7.43. The second kappa shape index (κ2) is 10.7. The van der Waals surface area contributed by atoms with Gasteiger partial charge in [0.2, 0.25) is 11.8 Å². The molecule has 1 N–H and O–H groups in total. The lowest BCUT2D eigenvalue weighted by atomic mass is 10.1. The quantitative estimate of drug-likeness (QED) is 0.622. The van der Waals surface area contributed by atoms with Gasteiger partial charge in [0.1, 0.15) is 6.04 Å². The van der Waals surface area contributed by atoms with Crippen LogP contribution in [0.5, 0.6) is 0 Å². The monoisotopic (exact) mass is 434 g/mol. The number of rotatable bonds is 8. The van der Waals surface area contributed by atoms with Crippen molar-refractivity contribution in [3.05, 3.63) is 69.2 Å². The third-order valence-corrected chi connectivity index (χ3v) is 5.68. The summed E-state index contributed by atoms with van der Waals surface area (Å²) in [6.45, 7) is 7.97. The summed E-state index contributed by atoms with van der Waals surface area (Å²) < 4.78 is 0. The number of carbonyl (C=O) groups excluding carboxylic acids is 2. The SMILES string of the molecule is CC[C@H](C)NC(=O)[C@H](C)N(Cc1ccc(Cl)c(Cl)c1)C(=O)Cc1cccc(C)c1. The maximum Gasteiger partial charge on any atom is 0.242 e. The minimum Gasteiger partial charge on any atom is -0.352 e. The third kappa shape index (κ3) is 6.76. The Morgan fingerprint density at radius 1 is 1.03 bits per heavy atom. The van der Waals surface area contributed by atoms with Gasteiger partial charge in [0, 0.05) is 12.6 Å². The van der Waals surface area contributed by atoms with Gasteiger partial charge in [0.05, 0.1) is 16.5 Å². The van der Waals surface area contributed by atoms with Gasteiger partial charge in [-0.25, -0.2) is 0 Å². The van der Waals surface area contributed by atoms with Crippen LogP contribution in [0.15, 0.2) is 42.5 Å². The number of hydrogen-bond donors (Lipinski definition) is 1. The topological polar surface area (TPSA) is 49.4 Å². The molecule has 0 bridgehead atoms. The molecular formula is C23H28Cl2N2O2. The molecule has 29 heavy (non-hydrogen) atoms. The Hall–Kier alpha value is -2.04. The van der Waals surface area contributed by atoms with Crippen LogP contribution in [-0.2, 0) is 22.6 Å². The van der Waals surface area contributed by atoms with Gasteiger partial charge in [0.25, 0.3) is 0 Å². The first-order valence-corrected chi connectivity index (χ1v) is 10.6. The largest absolute Gasteiger partial charge is 0.352 e. The number of halogens is 2. The first-order valence-electron chi connectivity index (χ1n) is 9.80. The summed E-state index contributed by atoms with van der Waals surface area (Å²) in [7, 11) is 0. The number of benzene rings is 2. The molecule has 0 aliphatic rings. The maximum absolute atomic E-state index is 13.2. The standard InChI is InChI=1S/C23H28Cl2N2O2/c1-5-16(3)26-23(29)17(4)27(14-19-9-10-20(24)21(25)12-19)22(28)13-18-8-6-7-15(2)11-18/h6-12,16-17H,5,13-14H2,1-4H3,(H,26,29)/t16-,17-/m0/s1. The van der Waals surface area contributed by atoms with Gasteiger partial charge >= 0.3 is 0 Å². The highest BCUT2D eigenvalue weighted by molar-refractivity contribution is 6.42.